The van der Waals surface area contributed by atoms with Gasteiger partial charge < -0.3 is 19.9 Å². The number of aromatic nitrogens is 2. The van der Waals surface area contributed by atoms with Crippen molar-refractivity contribution in [1.29, 1.82) is 0 Å². The topological polar surface area (TPSA) is 87.3 Å². The number of aromatic amines is 1. The Morgan fingerprint density at radius 3 is 2.88 bits per heavy atom. The second-order valence-corrected chi connectivity index (χ2v) is 6.12. The van der Waals surface area contributed by atoms with Crippen LogP contribution in [0.5, 0.6) is 0 Å². The van der Waals surface area contributed by atoms with Gasteiger partial charge >= 0.3 is 6.09 Å². The van der Waals surface area contributed by atoms with Crippen LogP contribution >= 0.6 is 11.6 Å². The quantitative estimate of drug-likeness (QED) is 0.875. The Hall–Kier alpha value is -2.54. The van der Waals surface area contributed by atoms with Crippen molar-refractivity contribution in [3.63, 3.8) is 0 Å². The summed E-state index contributed by atoms with van der Waals surface area (Å²) in [4.78, 5) is 33.0. The third kappa shape index (κ3) is 3.76. The largest absolute Gasteiger partial charge is 0.453 e. The summed E-state index contributed by atoms with van der Waals surface area (Å²) in [5.74, 6) is 0.481. The number of rotatable bonds is 4. The normalized spacial score (nSPS) is 16.7. The zero-order chi connectivity index (χ0) is 17.8. The zero-order valence-corrected chi connectivity index (χ0v) is 14.5. The van der Waals surface area contributed by atoms with E-state index in [0.717, 1.165) is 18.4 Å². The second-order valence-electron chi connectivity index (χ2n) is 5.74. The van der Waals surface area contributed by atoms with Crippen molar-refractivity contribution < 1.29 is 14.3 Å². The van der Waals surface area contributed by atoms with Gasteiger partial charge in [-0.3, -0.25) is 4.79 Å². The first-order valence-corrected chi connectivity index (χ1v) is 8.40. The maximum absolute atomic E-state index is 12.4. The molecular formula is C17H19ClN4O3. The number of likely N-dealkylation sites (tertiary alicyclic amines) is 1. The number of nitrogens with zero attached hydrogens (tertiary/aromatic N) is 2. The Morgan fingerprint density at radius 1 is 1.40 bits per heavy atom. The van der Waals surface area contributed by atoms with Crippen LogP contribution in [0.2, 0.25) is 5.15 Å². The van der Waals surface area contributed by atoms with Crippen molar-refractivity contribution >= 4 is 23.6 Å². The Bertz CT molecular complexity index is 763. The first-order chi connectivity index (χ1) is 12.1. The fourth-order valence-corrected chi connectivity index (χ4v) is 3.23. The van der Waals surface area contributed by atoms with Gasteiger partial charge in [-0.2, -0.15) is 0 Å². The Kier molecular flexibility index (Phi) is 5.23. The summed E-state index contributed by atoms with van der Waals surface area (Å²) >= 11 is 6.31. The molecule has 1 aromatic heterocycles. The van der Waals surface area contributed by atoms with Crippen molar-refractivity contribution in [3.05, 3.63) is 41.3 Å². The zero-order valence-electron chi connectivity index (χ0n) is 13.8. The molecule has 2 aromatic rings. The number of H-pyrrole nitrogens is 1. The smallest absolute Gasteiger partial charge is 0.407 e. The maximum atomic E-state index is 12.4. The van der Waals surface area contributed by atoms with Crippen LogP contribution in [-0.4, -0.2) is 47.1 Å². The molecule has 1 atom stereocenters. The molecule has 1 saturated heterocycles. The lowest BCUT2D eigenvalue weighted by atomic mass is 10.2. The fourth-order valence-electron chi connectivity index (χ4n) is 2.99. The lowest BCUT2D eigenvalue weighted by Gasteiger charge is -2.23. The van der Waals surface area contributed by atoms with Crippen LogP contribution in [-0.2, 0) is 9.53 Å². The molecule has 1 aliphatic heterocycles. The highest BCUT2D eigenvalue weighted by Crippen LogP contribution is 2.34. The number of hydrogen-bond acceptors (Lipinski definition) is 4. The molecule has 25 heavy (non-hydrogen) atoms. The minimum atomic E-state index is -0.628. The van der Waals surface area contributed by atoms with Gasteiger partial charge in [0.1, 0.15) is 23.2 Å². The van der Waals surface area contributed by atoms with Crippen molar-refractivity contribution in [1.82, 2.24) is 20.2 Å². The van der Waals surface area contributed by atoms with E-state index in [4.69, 9.17) is 11.6 Å². The van der Waals surface area contributed by atoms with E-state index in [2.05, 4.69) is 20.0 Å². The molecule has 1 fully saturated rings. The third-order valence-electron chi connectivity index (χ3n) is 4.18. The molecule has 0 bridgehead atoms. The van der Waals surface area contributed by atoms with Crippen molar-refractivity contribution in [2.24, 2.45) is 0 Å². The molecule has 1 aromatic carbocycles. The monoisotopic (exact) mass is 362 g/mol. The molecule has 1 aliphatic rings. The lowest BCUT2D eigenvalue weighted by Crippen LogP contribution is -2.40. The predicted molar refractivity (Wildman–Crippen MR) is 93.1 cm³/mol. The predicted octanol–water partition coefficient (Wildman–Crippen LogP) is 2.75. The van der Waals surface area contributed by atoms with Gasteiger partial charge in [-0.25, -0.2) is 9.78 Å². The lowest BCUT2D eigenvalue weighted by molar-refractivity contribution is -0.131. The number of imidazole rings is 1. The van der Waals surface area contributed by atoms with Crippen LogP contribution in [0.3, 0.4) is 0 Å². The van der Waals surface area contributed by atoms with Gasteiger partial charge in [0, 0.05) is 12.1 Å². The summed E-state index contributed by atoms with van der Waals surface area (Å²) in [5.41, 5.74) is 1.59. The second kappa shape index (κ2) is 7.57. The number of hydrogen-bond donors (Lipinski definition) is 2. The highest BCUT2D eigenvalue weighted by molar-refractivity contribution is 6.31. The van der Waals surface area contributed by atoms with E-state index >= 15 is 0 Å². The van der Waals surface area contributed by atoms with Gasteiger partial charge in [0.15, 0.2) is 0 Å². The average molecular weight is 363 g/mol. The number of amides is 2. The number of benzene rings is 1. The molecule has 2 heterocycles. The van der Waals surface area contributed by atoms with Gasteiger partial charge in [0.2, 0.25) is 5.91 Å². The van der Waals surface area contributed by atoms with Gasteiger partial charge in [-0.1, -0.05) is 41.9 Å². The molecule has 3 rings (SSSR count). The summed E-state index contributed by atoms with van der Waals surface area (Å²) in [6.07, 6.45) is 1.03. The number of nitrogens with one attached hydrogen (secondary N) is 2. The SMILES string of the molecule is COC(=O)NCC(=O)N1CCC[C@H]1c1nc(-c2ccccc2)c(Cl)[nH]1. The van der Waals surface area contributed by atoms with Crippen molar-refractivity contribution in [3.8, 4) is 11.3 Å². The fraction of sp³-hybridized carbons (Fsp3) is 0.353. The molecule has 132 valence electrons. The van der Waals surface area contributed by atoms with E-state index in [-0.39, 0.29) is 18.5 Å². The first-order valence-electron chi connectivity index (χ1n) is 8.02. The summed E-state index contributed by atoms with van der Waals surface area (Å²) < 4.78 is 4.49. The number of ether oxygens (including phenoxy) is 1. The number of carbonyl (C=O) groups is 2. The Balaban J connectivity index is 1.77. The number of alkyl carbamates (subject to hydrolysis) is 1. The van der Waals surface area contributed by atoms with E-state index in [0.29, 0.717) is 23.2 Å². The average Bonchev–Trinajstić information content (AvgIpc) is 3.26. The van der Waals surface area contributed by atoms with E-state index in [9.17, 15) is 9.59 Å². The molecule has 2 N–H and O–H groups in total. The number of carbonyl (C=O) groups excluding carboxylic acids is 2. The third-order valence-corrected chi connectivity index (χ3v) is 4.46. The van der Waals surface area contributed by atoms with Gasteiger partial charge in [0.05, 0.1) is 13.2 Å². The van der Waals surface area contributed by atoms with E-state index < -0.39 is 6.09 Å². The van der Waals surface area contributed by atoms with Crippen LogP contribution in [0.25, 0.3) is 11.3 Å². The summed E-state index contributed by atoms with van der Waals surface area (Å²) in [5, 5.41) is 2.87. The van der Waals surface area contributed by atoms with Crippen molar-refractivity contribution in [2.75, 3.05) is 20.2 Å². The minimum absolute atomic E-state index is 0.108. The Morgan fingerprint density at radius 2 is 2.16 bits per heavy atom. The van der Waals surface area contributed by atoms with E-state index in [1.54, 1.807) is 4.90 Å². The summed E-state index contributed by atoms with van der Waals surface area (Å²) in [6.45, 7) is 0.508. The van der Waals surface area contributed by atoms with Gasteiger partial charge in [0.25, 0.3) is 0 Å². The molecule has 0 aliphatic carbocycles. The minimum Gasteiger partial charge on any atom is -0.453 e. The van der Waals surface area contributed by atoms with Crippen LogP contribution < -0.4 is 5.32 Å². The standard InChI is InChI=1S/C17H19ClN4O3/c1-25-17(24)19-10-13(23)22-9-5-8-12(22)16-20-14(15(18)21-16)11-6-3-2-4-7-11/h2-4,6-7,12H,5,8-10H2,1H3,(H,19,24)(H,20,21)/t12-/m0/s1. The molecule has 2 amide bonds. The van der Waals surface area contributed by atoms with Gasteiger partial charge in [-0.15, -0.1) is 0 Å². The first kappa shape index (κ1) is 17.3. The number of methoxy groups -OCH3 is 1. The summed E-state index contributed by atoms with van der Waals surface area (Å²) in [6, 6.07) is 9.46. The van der Waals surface area contributed by atoms with Crippen LogP contribution in [0, 0.1) is 0 Å². The Labute approximate surface area is 150 Å². The molecule has 0 spiro atoms. The highest BCUT2D eigenvalue weighted by atomic mass is 35.5. The molecule has 7 nitrogen and oxygen atoms in total. The van der Waals surface area contributed by atoms with E-state index in [1.165, 1.54) is 7.11 Å². The molecular weight excluding hydrogens is 344 g/mol. The molecule has 0 radical (unpaired) electrons. The molecule has 0 unspecified atom stereocenters. The van der Waals surface area contributed by atoms with Crippen LogP contribution in [0.1, 0.15) is 24.7 Å². The maximum Gasteiger partial charge on any atom is 0.407 e. The molecule has 0 saturated carbocycles. The molecule has 8 heteroatoms. The summed E-state index contributed by atoms with van der Waals surface area (Å²) in [7, 11) is 1.26. The van der Waals surface area contributed by atoms with Crippen LogP contribution in [0.15, 0.2) is 30.3 Å². The van der Waals surface area contributed by atoms with E-state index in [1.807, 2.05) is 30.3 Å². The number of halogens is 1. The van der Waals surface area contributed by atoms with Crippen molar-refractivity contribution in [2.45, 2.75) is 18.9 Å². The van der Waals surface area contributed by atoms with Gasteiger partial charge in [-0.05, 0) is 12.8 Å². The van der Waals surface area contributed by atoms with Crippen LogP contribution in [0.4, 0.5) is 4.79 Å². The highest BCUT2D eigenvalue weighted by Gasteiger charge is 2.32.